The normalized spacial score (nSPS) is 40.5. The van der Waals surface area contributed by atoms with Gasteiger partial charge in [-0.25, -0.2) is 4.98 Å². The van der Waals surface area contributed by atoms with Gasteiger partial charge in [0.1, 0.15) is 0 Å². The molecule has 5 rings (SSSR count). The molecule has 4 aliphatic rings. The lowest BCUT2D eigenvalue weighted by molar-refractivity contribution is -0.123. The molecule has 5 heteroatoms. The number of hydrogen-bond donors (Lipinski definition) is 1. The molecule has 4 saturated carbocycles. The first-order valence-corrected chi connectivity index (χ1v) is 9.52. The molecule has 21 heavy (non-hydrogen) atoms. The summed E-state index contributed by atoms with van der Waals surface area (Å²) in [5.74, 6) is 1.82. The van der Waals surface area contributed by atoms with Crippen molar-refractivity contribution in [1.82, 2.24) is 4.98 Å². The van der Waals surface area contributed by atoms with Gasteiger partial charge in [0, 0.05) is 16.1 Å². The van der Waals surface area contributed by atoms with Gasteiger partial charge in [0.25, 0.3) is 0 Å². The Hall–Kier alpha value is -0.420. The molecule has 0 aromatic carbocycles. The topological polar surface area (TPSA) is 42.0 Å². The lowest BCUT2D eigenvalue weighted by Crippen LogP contribution is -2.53. The highest BCUT2D eigenvalue weighted by Gasteiger charge is 2.57. The third kappa shape index (κ3) is 2.67. The molecule has 1 N–H and O–H groups in total. The van der Waals surface area contributed by atoms with Crippen LogP contribution in [0.3, 0.4) is 0 Å². The number of nitrogens with zero attached hydrogens (tertiary/aromatic N) is 1. The Bertz CT molecular complexity index is 571. The van der Waals surface area contributed by atoms with Gasteiger partial charge in [-0.2, -0.15) is 0 Å². The molecule has 3 nitrogen and oxygen atoms in total. The summed E-state index contributed by atoms with van der Waals surface area (Å²) >= 11 is 5.53. The van der Waals surface area contributed by atoms with Crippen molar-refractivity contribution >= 4 is 38.3 Å². The summed E-state index contributed by atoms with van der Waals surface area (Å²) in [6.07, 6.45) is 8.38. The molecule has 1 heterocycles. The predicted molar refractivity (Wildman–Crippen MR) is 88.9 cm³/mol. The maximum absolute atomic E-state index is 12.5. The summed E-state index contributed by atoms with van der Waals surface area (Å²) in [6.45, 7) is 1.96. The van der Waals surface area contributed by atoms with Crippen LogP contribution in [-0.2, 0) is 4.79 Å². The van der Waals surface area contributed by atoms with Crippen LogP contribution in [-0.4, -0.2) is 15.2 Å². The van der Waals surface area contributed by atoms with Gasteiger partial charge >= 0.3 is 0 Å². The van der Waals surface area contributed by atoms with E-state index in [0.29, 0.717) is 10.7 Å². The molecule has 114 valence electrons. The van der Waals surface area contributed by atoms with Crippen LogP contribution in [0, 0.1) is 24.2 Å². The molecule has 4 bridgehead atoms. The third-order valence-corrected chi connectivity index (χ3v) is 7.32. The van der Waals surface area contributed by atoms with Crippen LogP contribution in [0.2, 0.25) is 0 Å². The molecule has 0 aliphatic heterocycles. The molecule has 0 spiro atoms. The molecule has 2 atom stereocenters. The molecular weight excluding hydrogens is 348 g/mol. The fourth-order valence-corrected chi connectivity index (χ4v) is 7.67. The maximum Gasteiger partial charge on any atom is 0.226 e. The summed E-state index contributed by atoms with van der Waals surface area (Å²) in [5, 5.41) is 5.73. The number of carbonyl (C=O) groups is 1. The number of hydrogen-bond acceptors (Lipinski definition) is 3. The summed E-state index contributed by atoms with van der Waals surface area (Å²) in [7, 11) is 0. The highest BCUT2D eigenvalue weighted by molar-refractivity contribution is 9.10. The Balaban J connectivity index is 1.47. The number of rotatable bonds is 3. The Morgan fingerprint density at radius 2 is 2.14 bits per heavy atom. The molecule has 4 fully saturated rings. The van der Waals surface area contributed by atoms with Gasteiger partial charge in [0.2, 0.25) is 5.91 Å². The van der Waals surface area contributed by atoms with Crippen molar-refractivity contribution in [3.05, 3.63) is 11.1 Å². The van der Waals surface area contributed by atoms with Crippen LogP contribution in [0.4, 0.5) is 5.13 Å². The van der Waals surface area contributed by atoms with Gasteiger partial charge in [0.15, 0.2) is 5.13 Å². The number of nitrogens with one attached hydrogen (secondary N) is 1. The van der Waals surface area contributed by atoms with Crippen molar-refractivity contribution in [2.75, 3.05) is 5.32 Å². The zero-order valence-corrected chi connectivity index (χ0v) is 14.7. The summed E-state index contributed by atoms with van der Waals surface area (Å²) in [5.41, 5.74) is 1.22. The van der Waals surface area contributed by atoms with Crippen LogP contribution in [0.15, 0.2) is 5.38 Å². The van der Waals surface area contributed by atoms with Crippen LogP contribution < -0.4 is 5.32 Å². The second-order valence-electron chi connectivity index (χ2n) is 7.63. The van der Waals surface area contributed by atoms with E-state index in [2.05, 4.69) is 26.2 Å². The van der Waals surface area contributed by atoms with Gasteiger partial charge in [-0.3, -0.25) is 4.79 Å². The number of aromatic nitrogens is 1. The average Bonchev–Trinajstić information content (AvgIpc) is 2.69. The SMILES string of the molecule is Cc1csc(NC(=O)CC23C[C@H]4C[C@@H](CC(Br)(C4)C2)C3)n1. The standard InChI is InChI=1S/C16H21BrN2OS/c1-10-8-21-14(18-10)19-13(20)7-15-3-11-2-12(4-15)6-16(17,5-11)9-15/h8,11-12H,2-7,9H2,1H3,(H,18,19,20)/t11-,12-,15?,16?/m1/s1. The second-order valence-corrected chi connectivity index (χ2v) is 10.2. The lowest BCUT2D eigenvalue weighted by atomic mass is 9.48. The van der Waals surface area contributed by atoms with Crippen molar-refractivity contribution < 1.29 is 4.79 Å². The highest BCUT2D eigenvalue weighted by Crippen LogP contribution is 2.65. The van der Waals surface area contributed by atoms with E-state index in [1.165, 1.54) is 49.9 Å². The van der Waals surface area contributed by atoms with E-state index in [-0.39, 0.29) is 11.3 Å². The van der Waals surface area contributed by atoms with Crippen LogP contribution in [0.25, 0.3) is 0 Å². The number of anilines is 1. The molecule has 4 aliphatic carbocycles. The minimum Gasteiger partial charge on any atom is -0.302 e. The fourth-order valence-electron chi connectivity index (χ4n) is 5.46. The zero-order valence-electron chi connectivity index (χ0n) is 12.3. The van der Waals surface area contributed by atoms with E-state index in [1.807, 2.05) is 12.3 Å². The van der Waals surface area contributed by atoms with Crippen LogP contribution in [0.1, 0.15) is 50.6 Å². The van der Waals surface area contributed by atoms with E-state index in [1.54, 1.807) is 0 Å². The Morgan fingerprint density at radius 3 is 2.71 bits per heavy atom. The molecular formula is C16H21BrN2OS. The van der Waals surface area contributed by atoms with Crippen LogP contribution >= 0.6 is 27.3 Å². The lowest BCUT2D eigenvalue weighted by Gasteiger charge is -2.60. The Morgan fingerprint density at radius 1 is 1.43 bits per heavy atom. The number of alkyl halides is 1. The van der Waals surface area contributed by atoms with Crippen LogP contribution in [0.5, 0.6) is 0 Å². The zero-order chi connectivity index (χ0) is 14.7. The smallest absolute Gasteiger partial charge is 0.226 e. The minimum atomic E-state index is 0.155. The third-order valence-electron chi connectivity index (χ3n) is 5.51. The molecule has 0 radical (unpaired) electrons. The first-order chi connectivity index (χ1) is 9.94. The number of aryl methyl sites for hydroxylation is 1. The highest BCUT2D eigenvalue weighted by atomic mass is 79.9. The van der Waals surface area contributed by atoms with Crippen molar-refractivity contribution in [2.45, 2.75) is 56.2 Å². The molecule has 1 aromatic heterocycles. The van der Waals surface area contributed by atoms with Gasteiger partial charge in [0.05, 0.1) is 5.69 Å². The molecule has 1 amide bonds. The summed E-state index contributed by atoms with van der Waals surface area (Å²) in [4.78, 5) is 16.8. The largest absolute Gasteiger partial charge is 0.302 e. The average molecular weight is 369 g/mol. The fraction of sp³-hybridized carbons (Fsp3) is 0.750. The van der Waals surface area contributed by atoms with Crippen molar-refractivity contribution in [3.8, 4) is 0 Å². The van der Waals surface area contributed by atoms with E-state index >= 15 is 0 Å². The van der Waals surface area contributed by atoms with Crippen molar-refractivity contribution in [1.29, 1.82) is 0 Å². The molecule has 1 aromatic rings. The maximum atomic E-state index is 12.5. The predicted octanol–water partition coefficient (Wildman–Crippen LogP) is 4.51. The number of thiazole rings is 1. The van der Waals surface area contributed by atoms with E-state index < -0.39 is 0 Å². The van der Waals surface area contributed by atoms with Crippen molar-refractivity contribution in [2.24, 2.45) is 17.3 Å². The van der Waals surface area contributed by atoms with E-state index in [9.17, 15) is 4.79 Å². The number of carbonyl (C=O) groups excluding carboxylic acids is 1. The summed E-state index contributed by atoms with van der Waals surface area (Å²) in [6, 6.07) is 0. The van der Waals surface area contributed by atoms with Gasteiger partial charge < -0.3 is 5.32 Å². The second kappa shape index (κ2) is 4.79. The molecule has 0 saturated heterocycles. The number of amides is 1. The first-order valence-electron chi connectivity index (χ1n) is 7.85. The van der Waals surface area contributed by atoms with Crippen molar-refractivity contribution in [3.63, 3.8) is 0 Å². The minimum absolute atomic E-state index is 0.155. The Labute approximate surface area is 138 Å². The quantitative estimate of drug-likeness (QED) is 0.797. The van der Waals surface area contributed by atoms with Gasteiger partial charge in [-0.1, -0.05) is 15.9 Å². The van der Waals surface area contributed by atoms with Gasteiger partial charge in [-0.05, 0) is 62.7 Å². The first kappa shape index (κ1) is 14.2. The summed E-state index contributed by atoms with van der Waals surface area (Å²) < 4.78 is 0.329. The van der Waals surface area contributed by atoms with E-state index in [4.69, 9.17) is 0 Å². The number of halogens is 1. The Kier molecular flexibility index (Phi) is 3.23. The van der Waals surface area contributed by atoms with Gasteiger partial charge in [-0.15, -0.1) is 11.3 Å². The van der Waals surface area contributed by atoms with E-state index in [0.717, 1.165) is 22.7 Å². The monoisotopic (exact) mass is 368 g/mol. The molecule has 0 unspecified atom stereocenters.